The van der Waals surface area contributed by atoms with Gasteiger partial charge in [0.2, 0.25) is 11.2 Å². The maximum atomic E-state index is 13.7. The van der Waals surface area contributed by atoms with E-state index in [1.807, 2.05) is 0 Å². The van der Waals surface area contributed by atoms with Crippen molar-refractivity contribution in [2.45, 2.75) is 6.18 Å². The largest absolute Gasteiger partial charge is 0.453 e. The minimum atomic E-state index is -5.03. The number of benzene rings is 3. The van der Waals surface area contributed by atoms with Gasteiger partial charge in [-0.15, -0.1) is 0 Å². The number of para-hydroxylation sites is 1. The molecule has 33 heavy (non-hydrogen) atoms. The third kappa shape index (κ3) is 4.89. The van der Waals surface area contributed by atoms with Gasteiger partial charge in [-0.25, -0.2) is 4.79 Å². The Balaban J connectivity index is 1.76. The Kier molecular flexibility index (Phi) is 6.18. The predicted octanol–water partition coefficient (Wildman–Crippen LogP) is 7.24. The van der Waals surface area contributed by atoms with E-state index >= 15 is 0 Å². The maximum Gasteiger partial charge on any atom is 0.453 e. The lowest BCUT2D eigenvalue weighted by Crippen LogP contribution is -2.15. The summed E-state index contributed by atoms with van der Waals surface area (Å²) < 4.78 is 57.0. The number of rotatable bonds is 4. The van der Waals surface area contributed by atoms with Gasteiger partial charge in [0.05, 0.1) is 15.4 Å². The monoisotopic (exact) mass is 538 g/mol. The first-order chi connectivity index (χ1) is 15.6. The van der Waals surface area contributed by atoms with Gasteiger partial charge in [0.25, 0.3) is 5.76 Å². The van der Waals surface area contributed by atoms with E-state index in [9.17, 15) is 22.8 Å². The van der Waals surface area contributed by atoms with Crippen molar-refractivity contribution in [1.82, 2.24) is 0 Å². The van der Waals surface area contributed by atoms with Crippen LogP contribution in [0.4, 0.5) is 13.2 Å². The van der Waals surface area contributed by atoms with Crippen LogP contribution < -0.4 is 14.9 Å². The Morgan fingerprint density at radius 1 is 1.00 bits per heavy atom. The molecule has 10 heteroatoms. The topological polar surface area (TPSA) is 65.7 Å². The minimum Gasteiger partial charge on any atom is -0.448 e. The fourth-order valence-corrected chi connectivity index (χ4v) is 3.38. The van der Waals surface area contributed by atoms with E-state index in [-0.39, 0.29) is 22.4 Å². The van der Waals surface area contributed by atoms with E-state index in [1.54, 1.807) is 12.1 Å². The number of carbonyl (C=O) groups is 1. The van der Waals surface area contributed by atoms with Gasteiger partial charge >= 0.3 is 12.1 Å². The van der Waals surface area contributed by atoms with Crippen molar-refractivity contribution < 1.29 is 31.9 Å². The van der Waals surface area contributed by atoms with Crippen LogP contribution in [0.15, 0.2) is 80.4 Å². The van der Waals surface area contributed by atoms with Crippen LogP contribution in [0.25, 0.3) is 11.0 Å². The Hall–Kier alpha value is -3.30. The van der Waals surface area contributed by atoms with Gasteiger partial charge in [0.1, 0.15) is 17.1 Å². The molecular weight excluding hydrogens is 529 g/mol. The molecule has 0 radical (unpaired) electrons. The van der Waals surface area contributed by atoms with Crippen molar-refractivity contribution in [2.24, 2.45) is 0 Å². The van der Waals surface area contributed by atoms with E-state index < -0.39 is 34.7 Å². The number of esters is 1. The summed E-state index contributed by atoms with van der Waals surface area (Å²) in [5, 5.41) is 0.232. The molecule has 0 fully saturated rings. The zero-order valence-corrected chi connectivity index (χ0v) is 18.6. The normalized spacial score (nSPS) is 11.4. The molecule has 0 unspecified atom stereocenters. The van der Waals surface area contributed by atoms with Crippen LogP contribution in [0, 0.1) is 0 Å². The lowest BCUT2D eigenvalue weighted by molar-refractivity contribution is -0.154. The third-order valence-corrected chi connectivity index (χ3v) is 5.33. The van der Waals surface area contributed by atoms with Gasteiger partial charge in [-0.3, -0.25) is 4.79 Å². The third-order valence-electron chi connectivity index (χ3n) is 4.42. The lowest BCUT2D eigenvalue weighted by Gasteiger charge is -2.14. The highest BCUT2D eigenvalue weighted by atomic mass is 79.9. The van der Waals surface area contributed by atoms with Crippen molar-refractivity contribution in [2.75, 3.05) is 0 Å². The summed E-state index contributed by atoms with van der Waals surface area (Å²) in [6.45, 7) is 0. The molecule has 3 aromatic carbocycles. The minimum absolute atomic E-state index is 0.00293. The molecule has 168 valence electrons. The average molecular weight is 540 g/mol. The summed E-state index contributed by atoms with van der Waals surface area (Å²) >= 11 is 8.95. The van der Waals surface area contributed by atoms with Crippen LogP contribution >= 0.6 is 27.5 Å². The second kappa shape index (κ2) is 8.92. The number of alkyl halides is 3. The molecule has 0 spiro atoms. The van der Waals surface area contributed by atoms with E-state index in [4.69, 9.17) is 25.5 Å². The second-order valence-corrected chi connectivity index (χ2v) is 7.96. The molecule has 0 atom stereocenters. The van der Waals surface area contributed by atoms with Crippen molar-refractivity contribution in [3.63, 3.8) is 0 Å². The molecule has 0 bridgehead atoms. The maximum absolute atomic E-state index is 13.7. The number of halogens is 5. The first-order valence-corrected chi connectivity index (χ1v) is 10.4. The van der Waals surface area contributed by atoms with Crippen molar-refractivity contribution in [1.29, 1.82) is 0 Å². The van der Waals surface area contributed by atoms with Crippen molar-refractivity contribution >= 4 is 44.5 Å². The molecule has 0 saturated heterocycles. The summed E-state index contributed by atoms with van der Waals surface area (Å²) in [5.74, 6) is -3.50. The van der Waals surface area contributed by atoms with Gasteiger partial charge in [-0.05, 0) is 64.5 Å². The lowest BCUT2D eigenvalue weighted by atomic mass is 10.2. The smallest absolute Gasteiger partial charge is 0.448 e. The van der Waals surface area contributed by atoms with Crippen LogP contribution in [-0.2, 0) is 6.18 Å². The van der Waals surface area contributed by atoms with Crippen molar-refractivity contribution in [3.8, 4) is 17.2 Å². The Bertz CT molecular complexity index is 1410. The summed E-state index contributed by atoms with van der Waals surface area (Å²) in [6.07, 6.45) is -5.03. The molecule has 0 aliphatic carbocycles. The van der Waals surface area contributed by atoms with E-state index in [0.29, 0.717) is 9.50 Å². The number of hydrogen-bond donors (Lipinski definition) is 0. The average Bonchev–Trinajstić information content (AvgIpc) is 2.76. The quantitative estimate of drug-likeness (QED) is 0.202. The SMILES string of the molecule is O=C(Oc1ccc2c(=O)c(Oc3ccccc3Br)c(C(F)(F)F)oc2c1)c1ccc(Cl)cc1. The Morgan fingerprint density at radius 2 is 1.70 bits per heavy atom. The highest BCUT2D eigenvalue weighted by molar-refractivity contribution is 9.10. The second-order valence-electron chi connectivity index (χ2n) is 6.67. The molecule has 0 N–H and O–H groups in total. The fourth-order valence-electron chi connectivity index (χ4n) is 2.89. The van der Waals surface area contributed by atoms with E-state index in [2.05, 4.69) is 15.9 Å². The molecule has 4 aromatic rings. The van der Waals surface area contributed by atoms with Crippen LogP contribution in [0.2, 0.25) is 5.02 Å². The van der Waals surface area contributed by atoms with Gasteiger partial charge in [-0.2, -0.15) is 13.2 Å². The molecule has 0 saturated carbocycles. The van der Waals surface area contributed by atoms with Gasteiger partial charge in [0, 0.05) is 11.1 Å². The standard InChI is InChI=1S/C23H11BrClF3O5/c24-16-3-1-2-4-17(16)32-20-19(29)15-10-9-14(11-18(15)33-21(20)23(26,27)28)31-22(30)12-5-7-13(25)8-6-12/h1-11H. The van der Waals surface area contributed by atoms with Gasteiger partial charge < -0.3 is 13.9 Å². The van der Waals surface area contributed by atoms with Crippen LogP contribution in [0.5, 0.6) is 17.2 Å². The summed E-state index contributed by atoms with van der Waals surface area (Å²) in [4.78, 5) is 25.2. The zero-order chi connectivity index (χ0) is 23.8. The van der Waals surface area contributed by atoms with Gasteiger partial charge in [-0.1, -0.05) is 23.7 Å². The molecule has 4 rings (SSSR count). The summed E-state index contributed by atoms with van der Waals surface area (Å²) in [6, 6.07) is 15.4. The number of fused-ring (bicyclic) bond motifs is 1. The summed E-state index contributed by atoms with van der Waals surface area (Å²) in [5.41, 5.74) is -1.28. The van der Waals surface area contributed by atoms with Crippen LogP contribution in [0.3, 0.4) is 0 Å². The van der Waals surface area contributed by atoms with E-state index in [0.717, 1.165) is 6.07 Å². The summed E-state index contributed by atoms with van der Waals surface area (Å²) in [7, 11) is 0. The molecule has 0 amide bonds. The molecule has 0 aliphatic heterocycles. The molecule has 0 aliphatic rings. The first kappa shape index (κ1) is 22.9. The van der Waals surface area contributed by atoms with Crippen LogP contribution in [0.1, 0.15) is 16.1 Å². The predicted molar refractivity (Wildman–Crippen MR) is 118 cm³/mol. The number of ether oxygens (including phenoxy) is 2. The molecular formula is C23H11BrClF3O5. The van der Waals surface area contributed by atoms with Gasteiger partial charge in [0.15, 0.2) is 0 Å². The zero-order valence-electron chi connectivity index (χ0n) is 16.3. The Labute approximate surface area is 197 Å². The highest BCUT2D eigenvalue weighted by Gasteiger charge is 2.40. The molecule has 5 nitrogen and oxygen atoms in total. The van der Waals surface area contributed by atoms with E-state index in [1.165, 1.54) is 48.5 Å². The molecule has 1 aromatic heterocycles. The molecule has 1 heterocycles. The van der Waals surface area contributed by atoms with Crippen molar-refractivity contribution in [3.05, 3.63) is 97.8 Å². The van der Waals surface area contributed by atoms with Crippen LogP contribution in [-0.4, -0.2) is 5.97 Å². The Morgan fingerprint density at radius 3 is 2.36 bits per heavy atom. The number of carbonyl (C=O) groups excluding carboxylic acids is 1. The number of hydrogen-bond acceptors (Lipinski definition) is 5. The highest BCUT2D eigenvalue weighted by Crippen LogP contribution is 2.39. The first-order valence-electron chi connectivity index (χ1n) is 9.21. The fraction of sp³-hybridized carbons (Fsp3) is 0.0435.